The molecule has 1 unspecified atom stereocenters. The summed E-state index contributed by atoms with van der Waals surface area (Å²) in [7, 11) is 1.48. The molecule has 0 bridgehead atoms. The molecule has 0 saturated heterocycles. The minimum absolute atomic E-state index is 0.167. The summed E-state index contributed by atoms with van der Waals surface area (Å²) < 4.78 is 5.18. The van der Waals surface area contributed by atoms with Gasteiger partial charge < -0.3 is 4.74 Å². The van der Waals surface area contributed by atoms with Crippen molar-refractivity contribution in [2.24, 2.45) is 5.92 Å². The third-order valence-electron chi connectivity index (χ3n) is 4.78. The van der Waals surface area contributed by atoms with Gasteiger partial charge in [-0.05, 0) is 49.3 Å². The maximum absolute atomic E-state index is 12.7. The monoisotopic (exact) mass is 307 g/mol. The molecule has 0 spiro atoms. The summed E-state index contributed by atoms with van der Waals surface area (Å²) >= 11 is 6.00. The van der Waals surface area contributed by atoms with Crippen molar-refractivity contribution in [2.75, 3.05) is 7.11 Å². The summed E-state index contributed by atoms with van der Waals surface area (Å²) in [5.41, 5.74) is 0.280. The fraction of sp³-hybridized carbons (Fsp3) is 0.588. The summed E-state index contributed by atoms with van der Waals surface area (Å²) in [4.78, 5) is 12.7. The summed E-state index contributed by atoms with van der Waals surface area (Å²) in [5.74, 6) is 0.158. The number of rotatable bonds is 5. The molecule has 1 aromatic carbocycles. The molecule has 3 nitrogen and oxygen atoms in total. The van der Waals surface area contributed by atoms with Crippen molar-refractivity contribution in [2.45, 2.75) is 50.1 Å². The zero-order valence-corrected chi connectivity index (χ0v) is 13.2. The number of ether oxygens (including phenoxy) is 1. The van der Waals surface area contributed by atoms with Crippen LogP contribution in [0, 0.1) is 5.92 Å². The Kier molecular flexibility index (Phi) is 4.23. The van der Waals surface area contributed by atoms with Gasteiger partial charge in [0.2, 0.25) is 0 Å². The first-order chi connectivity index (χ1) is 10.2. The largest absolute Gasteiger partial charge is 0.467 e. The van der Waals surface area contributed by atoms with Crippen molar-refractivity contribution in [3.8, 4) is 0 Å². The summed E-state index contributed by atoms with van der Waals surface area (Å²) in [6, 6.07) is 8.03. The number of carbonyl (C=O) groups excluding carboxylic acids is 1. The molecule has 0 aromatic heterocycles. The highest BCUT2D eigenvalue weighted by molar-refractivity contribution is 6.30. The molecule has 1 atom stereocenters. The second-order valence-corrected chi connectivity index (χ2v) is 6.64. The highest BCUT2D eigenvalue weighted by atomic mass is 35.5. The van der Waals surface area contributed by atoms with E-state index in [2.05, 4.69) is 5.32 Å². The number of esters is 1. The topological polar surface area (TPSA) is 38.3 Å². The van der Waals surface area contributed by atoms with Crippen molar-refractivity contribution in [1.82, 2.24) is 5.32 Å². The molecule has 2 aliphatic carbocycles. The van der Waals surface area contributed by atoms with E-state index in [1.165, 1.54) is 20.0 Å². The lowest BCUT2D eigenvalue weighted by Crippen LogP contribution is -2.55. The Bertz CT molecular complexity index is 506. The third-order valence-corrected chi connectivity index (χ3v) is 5.04. The number of halogens is 1. The quantitative estimate of drug-likeness (QED) is 0.844. The predicted molar refractivity (Wildman–Crippen MR) is 83.3 cm³/mol. The number of hydrogen-bond acceptors (Lipinski definition) is 3. The van der Waals surface area contributed by atoms with E-state index in [9.17, 15) is 4.79 Å². The Labute approximate surface area is 131 Å². The van der Waals surface area contributed by atoms with Gasteiger partial charge in [0.25, 0.3) is 0 Å². The minimum atomic E-state index is -0.700. The van der Waals surface area contributed by atoms with Crippen molar-refractivity contribution < 1.29 is 9.53 Å². The zero-order valence-electron chi connectivity index (χ0n) is 12.4. The van der Waals surface area contributed by atoms with Gasteiger partial charge in [0.15, 0.2) is 0 Å². The first kappa shape index (κ1) is 14.9. The van der Waals surface area contributed by atoms with Crippen molar-refractivity contribution in [1.29, 1.82) is 0 Å². The normalized spacial score (nSPS) is 22.0. The summed E-state index contributed by atoms with van der Waals surface area (Å²) in [6.07, 6.45) is 6.88. The molecule has 21 heavy (non-hydrogen) atoms. The second kappa shape index (κ2) is 5.98. The Morgan fingerprint density at radius 1 is 1.19 bits per heavy atom. The zero-order chi connectivity index (χ0) is 14.9. The van der Waals surface area contributed by atoms with Gasteiger partial charge >= 0.3 is 5.97 Å². The molecule has 0 amide bonds. The molecule has 2 fully saturated rings. The van der Waals surface area contributed by atoms with Crippen molar-refractivity contribution >= 4 is 17.6 Å². The van der Waals surface area contributed by atoms with E-state index in [0.29, 0.717) is 17.0 Å². The number of carbonyl (C=O) groups is 1. The van der Waals surface area contributed by atoms with E-state index < -0.39 is 5.54 Å². The van der Waals surface area contributed by atoms with Crippen LogP contribution >= 0.6 is 11.6 Å². The van der Waals surface area contributed by atoms with Gasteiger partial charge in [-0.1, -0.05) is 36.6 Å². The van der Waals surface area contributed by atoms with Crippen LogP contribution in [-0.2, 0) is 15.1 Å². The Morgan fingerprint density at radius 2 is 1.81 bits per heavy atom. The molecule has 114 valence electrons. The van der Waals surface area contributed by atoms with Gasteiger partial charge in [0.1, 0.15) is 5.54 Å². The highest BCUT2D eigenvalue weighted by Crippen LogP contribution is 2.47. The van der Waals surface area contributed by atoms with Crippen LogP contribution in [0.5, 0.6) is 0 Å². The van der Waals surface area contributed by atoms with E-state index >= 15 is 0 Å². The standard InChI is InChI=1S/C17H22ClNO2/c1-21-16(20)17(12-6-7-12,19-15-4-2-3-5-15)13-8-10-14(18)11-9-13/h8-12,15,19H,2-7H2,1H3. The lowest BCUT2D eigenvalue weighted by Gasteiger charge is -2.35. The molecule has 0 aliphatic heterocycles. The fourth-order valence-electron chi connectivity index (χ4n) is 3.56. The second-order valence-electron chi connectivity index (χ2n) is 6.21. The van der Waals surface area contributed by atoms with E-state index in [0.717, 1.165) is 31.2 Å². The Morgan fingerprint density at radius 3 is 2.33 bits per heavy atom. The Hall–Kier alpha value is -1.06. The number of nitrogens with one attached hydrogen (secondary N) is 1. The molecule has 2 saturated carbocycles. The molecule has 0 radical (unpaired) electrons. The van der Waals surface area contributed by atoms with Gasteiger partial charge in [0, 0.05) is 11.1 Å². The molecule has 2 aliphatic rings. The molecule has 3 rings (SSSR count). The summed E-state index contributed by atoms with van der Waals surface area (Å²) in [5, 5.41) is 4.35. The number of hydrogen-bond donors (Lipinski definition) is 1. The van der Waals surface area contributed by atoms with Gasteiger partial charge in [-0.25, -0.2) is 4.79 Å². The van der Waals surface area contributed by atoms with Crippen LogP contribution in [0.25, 0.3) is 0 Å². The molecule has 0 heterocycles. The average Bonchev–Trinajstić information content (AvgIpc) is 3.23. The smallest absolute Gasteiger partial charge is 0.331 e. The van der Waals surface area contributed by atoms with Crippen LogP contribution < -0.4 is 5.32 Å². The summed E-state index contributed by atoms with van der Waals surface area (Å²) in [6.45, 7) is 0. The number of benzene rings is 1. The fourth-order valence-corrected chi connectivity index (χ4v) is 3.69. The van der Waals surface area contributed by atoms with Gasteiger partial charge in [0.05, 0.1) is 7.11 Å². The van der Waals surface area contributed by atoms with E-state index in [4.69, 9.17) is 16.3 Å². The van der Waals surface area contributed by atoms with Crippen LogP contribution in [0.15, 0.2) is 24.3 Å². The highest BCUT2D eigenvalue weighted by Gasteiger charge is 2.54. The molecular weight excluding hydrogens is 286 g/mol. The van der Waals surface area contributed by atoms with Crippen LogP contribution in [0.2, 0.25) is 5.02 Å². The van der Waals surface area contributed by atoms with Crippen LogP contribution in [0.4, 0.5) is 0 Å². The molecule has 4 heteroatoms. The van der Waals surface area contributed by atoms with Crippen molar-refractivity contribution in [3.63, 3.8) is 0 Å². The Balaban J connectivity index is 1.98. The van der Waals surface area contributed by atoms with Crippen LogP contribution in [-0.4, -0.2) is 19.1 Å². The SMILES string of the molecule is COC(=O)C(NC1CCCC1)(c1ccc(Cl)cc1)C1CC1. The van der Waals surface area contributed by atoms with Gasteiger partial charge in [-0.2, -0.15) is 0 Å². The molecule has 1 aromatic rings. The maximum Gasteiger partial charge on any atom is 0.331 e. The lowest BCUT2D eigenvalue weighted by molar-refractivity contribution is -0.150. The lowest BCUT2D eigenvalue weighted by atomic mass is 9.83. The van der Waals surface area contributed by atoms with E-state index in [1.54, 1.807) is 0 Å². The molecule has 1 N–H and O–H groups in total. The van der Waals surface area contributed by atoms with Gasteiger partial charge in [-0.3, -0.25) is 5.32 Å². The van der Waals surface area contributed by atoms with E-state index in [1.807, 2.05) is 24.3 Å². The first-order valence-electron chi connectivity index (χ1n) is 7.79. The number of methoxy groups -OCH3 is 1. The maximum atomic E-state index is 12.7. The average molecular weight is 308 g/mol. The minimum Gasteiger partial charge on any atom is -0.467 e. The molecular formula is C17H22ClNO2. The predicted octanol–water partition coefficient (Wildman–Crippen LogP) is 3.65. The van der Waals surface area contributed by atoms with Crippen molar-refractivity contribution in [3.05, 3.63) is 34.9 Å². The third kappa shape index (κ3) is 2.82. The van der Waals surface area contributed by atoms with Gasteiger partial charge in [-0.15, -0.1) is 0 Å². The van der Waals surface area contributed by atoms with Crippen LogP contribution in [0.1, 0.15) is 44.1 Å². The first-order valence-corrected chi connectivity index (χ1v) is 8.17. The van der Waals surface area contributed by atoms with E-state index in [-0.39, 0.29) is 5.97 Å². The van der Waals surface area contributed by atoms with Crippen LogP contribution in [0.3, 0.4) is 0 Å².